The van der Waals surface area contributed by atoms with E-state index < -0.39 is 23.2 Å². The molecule has 0 spiro atoms. The maximum absolute atomic E-state index is 15.1. The maximum Gasteiger partial charge on any atom is 0.348 e. The highest BCUT2D eigenvalue weighted by Gasteiger charge is 2.47. The van der Waals surface area contributed by atoms with Gasteiger partial charge in [0, 0.05) is 24.3 Å². The van der Waals surface area contributed by atoms with Gasteiger partial charge in [-0.1, -0.05) is 6.07 Å². The molecule has 1 aliphatic rings. The summed E-state index contributed by atoms with van der Waals surface area (Å²) in [6.07, 6.45) is 2.89. The number of rotatable bonds is 2. The molecule has 6 heteroatoms. The lowest BCUT2D eigenvalue weighted by Gasteiger charge is -2.30. The summed E-state index contributed by atoms with van der Waals surface area (Å²) in [5.41, 5.74) is -1.91. The molecule has 1 atom stereocenters. The van der Waals surface area contributed by atoms with Crippen LogP contribution in [-0.4, -0.2) is 29.6 Å². The van der Waals surface area contributed by atoms with E-state index in [9.17, 15) is 9.59 Å². The minimum atomic E-state index is -2.25. The van der Waals surface area contributed by atoms with E-state index in [0.29, 0.717) is 5.57 Å². The van der Waals surface area contributed by atoms with Crippen LogP contribution in [0.1, 0.15) is 44.9 Å². The Morgan fingerprint density at radius 3 is 2.70 bits per heavy atom. The van der Waals surface area contributed by atoms with Gasteiger partial charge >= 0.3 is 11.9 Å². The number of pyridine rings is 1. The molecule has 0 aromatic carbocycles. The number of halogens is 1. The van der Waals surface area contributed by atoms with E-state index in [1.54, 1.807) is 26.8 Å². The SMILES string of the molecule is COC(=O)C1(F)CC/C(=C\C(=O)OC(C)(C)C)c2ncccc21. The smallest absolute Gasteiger partial charge is 0.348 e. The second kappa shape index (κ2) is 6.10. The van der Waals surface area contributed by atoms with E-state index in [0.717, 1.165) is 7.11 Å². The number of allylic oxidation sites excluding steroid dienone is 1. The van der Waals surface area contributed by atoms with Gasteiger partial charge in [-0.05, 0) is 38.8 Å². The summed E-state index contributed by atoms with van der Waals surface area (Å²) < 4.78 is 24.9. The van der Waals surface area contributed by atoms with Gasteiger partial charge in [-0.3, -0.25) is 4.98 Å². The fourth-order valence-electron chi connectivity index (χ4n) is 2.53. The van der Waals surface area contributed by atoms with E-state index in [-0.39, 0.29) is 24.1 Å². The zero-order valence-corrected chi connectivity index (χ0v) is 13.7. The van der Waals surface area contributed by atoms with Gasteiger partial charge in [0.05, 0.1) is 12.8 Å². The van der Waals surface area contributed by atoms with Crippen LogP contribution in [0.25, 0.3) is 5.57 Å². The summed E-state index contributed by atoms with van der Waals surface area (Å²) in [6, 6.07) is 3.04. The van der Waals surface area contributed by atoms with Crippen LogP contribution < -0.4 is 0 Å². The van der Waals surface area contributed by atoms with Gasteiger partial charge in [-0.25, -0.2) is 14.0 Å². The van der Waals surface area contributed by atoms with Crippen molar-refractivity contribution in [3.05, 3.63) is 35.7 Å². The van der Waals surface area contributed by atoms with Gasteiger partial charge in [-0.15, -0.1) is 0 Å². The number of hydrogen-bond acceptors (Lipinski definition) is 5. The van der Waals surface area contributed by atoms with Crippen molar-refractivity contribution < 1.29 is 23.5 Å². The van der Waals surface area contributed by atoms with Crippen molar-refractivity contribution in [2.24, 2.45) is 0 Å². The molecular formula is C17H20FNO4. The molecule has 1 aromatic heterocycles. The van der Waals surface area contributed by atoms with E-state index in [4.69, 9.17) is 4.74 Å². The third-order valence-electron chi connectivity index (χ3n) is 3.49. The molecule has 1 heterocycles. The fraction of sp³-hybridized carbons (Fsp3) is 0.471. The third kappa shape index (κ3) is 3.57. The van der Waals surface area contributed by atoms with Gasteiger partial charge in [-0.2, -0.15) is 0 Å². The number of alkyl halides is 1. The summed E-state index contributed by atoms with van der Waals surface area (Å²) in [6.45, 7) is 5.29. The van der Waals surface area contributed by atoms with Gasteiger partial charge in [0.2, 0.25) is 5.67 Å². The lowest BCUT2D eigenvalue weighted by atomic mass is 9.80. The van der Waals surface area contributed by atoms with Crippen molar-refractivity contribution in [1.82, 2.24) is 4.98 Å². The molecule has 23 heavy (non-hydrogen) atoms. The lowest BCUT2D eigenvalue weighted by molar-refractivity contribution is -0.156. The second-order valence-electron chi connectivity index (χ2n) is 6.40. The van der Waals surface area contributed by atoms with E-state index in [1.807, 2.05) is 0 Å². The Morgan fingerprint density at radius 1 is 1.39 bits per heavy atom. The average Bonchev–Trinajstić information content (AvgIpc) is 2.48. The minimum absolute atomic E-state index is 0.104. The van der Waals surface area contributed by atoms with E-state index in [2.05, 4.69) is 9.72 Å². The highest BCUT2D eigenvalue weighted by Crippen LogP contribution is 2.43. The monoisotopic (exact) mass is 321 g/mol. The summed E-state index contributed by atoms with van der Waals surface area (Å²) in [7, 11) is 1.14. The van der Waals surface area contributed by atoms with Crippen molar-refractivity contribution in [2.75, 3.05) is 7.11 Å². The van der Waals surface area contributed by atoms with E-state index >= 15 is 4.39 Å². The number of hydrogen-bond donors (Lipinski definition) is 0. The Morgan fingerprint density at radius 2 is 2.09 bits per heavy atom. The number of nitrogens with zero attached hydrogens (tertiary/aromatic N) is 1. The molecular weight excluding hydrogens is 301 g/mol. The molecule has 0 bridgehead atoms. The van der Waals surface area contributed by atoms with Crippen LogP contribution in [0, 0.1) is 0 Å². The van der Waals surface area contributed by atoms with Crippen LogP contribution in [0.3, 0.4) is 0 Å². The van der Waals surface area contributed by atoms with Gasteiger partial charge < -0.3 is 9.47 Å². The zero-order chi connectivity index (χ0) is 17.3. The number of carbonyl (C=O) groups is 2. The maximum atomic E-state index is 15.1. The number of carbonyl (C=O) groups excluding carboxylic acids is 2. The molecule has 1 aromatic rings. The Balaban J connectivity index is 2.41. The summed E-state index contributed by atoms with van der Waals surface area (Å²) in [5.74, 6) is -1.48. The van der Waals surface area contributed by atoms with Crippen molar-refractivity contribution in [3.63, 3.8) is 0 Å². The lowest BCUT2D eigenvalue weighted by Crippen LogP contribution is -2.36. The first-order chi connectivity index (χ1) is 10.7. The second-order valence-corrected chi connectivity index (χ2v) is 6.40. The number of ether oxygens (including phenoxy) is 2. The van der Waals surface area contributed by atoms with E-state index in [1.165, 1.54) is 18.3 Å². The first-order valence-electron chi connectivity index (χ1n) is 7.34. The van der Waals surface area contributed by atoms with Crippen molar-refractivity contribution in [2.45, 2.75) is 44.9 Å². The van der Waals surface area contributed by atoms with Crippen molar-refractivity contribution >= 4 is 17.5 Å². The number of aromatic nitrogens is 1. The number of fused-ring (bicyclic) bond motifs is 1. The normalized spacial score (nSPS) is 22.4. The molecule has 1 unspecified atom stereocenters. The third-order valence-corrected chi connectivity index (χ3v) is 3.49. The highest BCUT2D eigenvalue weighted by atomic mass is 19.1. The topological polar surface area (TPSA) is 65.5 Å². The molecule has 0 N–H and O–H groups in total. The molecule has 2 rings (SSSR count). The zero-order valence-electron chi connectivity index (χ0n) is 13.7. The van der Waals surface area contributed by atoms with Crippen LogP contribution in [0.4, 0.5) is 4.39 Å². The first kappa shape index (κ1) is 17.1. The molecule has 0 amide bonds. The van der Waals surface area contributed by atoms with Gasteiger partial charge in [0.15, 0.2) is 0 Å². The van der Waals surface area contributed by atoms with Crippen molar-refractivity contribution in [3.8, 4) is 0 Å². The van der Waals surface area contributed by atoms with Crippen molar-refractivity contribution in [1.29, 1.82) is 0 Å². The summed E-state index contributed by atoms with van der Waals surface area (Å²) >= 11 is 0. The predicted molar refractivity (Wildman–Crippen MR) is 82.1 cm³/mol. The number of methoxy groups -OCH3 is 1. The van der Waals surface area contributed by atoms with Crippen LogP contribution in [-0.2, 0) is 24.7 Å². The van der Waals surface area contributed by atoms with Crippen LogP contribution in [0.5, 0.6) is 0 Å². The largest absolute Gasteiger partial charge is 0.466 e. The summed E-state index contributed by atoms with van der Waals surface area (Å²) in [4.78, 5) is 27.9. The molecule has 0 saturated heterocycles. The van der Waals surface area contributed by atoms with Crippen LogP contribution in [0.2, 0.25) is 0 Å². The predicted octanol–water partition coefficient (Wildman–Crippen LogP) is 2.94. The Bertz CT molecular complexity index is 663. The molecule has 1 aliphatic carbocycles. The van der Waals surface area contributed by atoms with Crippen LogP contribution in [0.15, 0.2) is 24.4 Å². The highest BCUT2D eigenvalue weighted by molar-refractivity contribution is 5.94. The standard InChI is InChI=1S/C17H20FNO4/c1-16(2,3)23-13(20)10-11-7-8-17(18,15(21)22-4)12-6-5-9-19-14(11)12/h5-6,9-10H,7-8H2,1-4H3/b11-10+. The van der Waals surface area contributed by atoms with Gasteiger partial charge in [0.25, 0.3) is 0 Å². The molecule has 124 valence electrons. The quantitative estimate of drug-likeness (QED) is 0.619. The Labute approximate surface area is 134 Å². The fourth-order valence-corrected chi connectivity index (χ4v) is 2.53. The van der Waals surface area contributed by atoms with Gasteiger partial charge in [0.1, 0.15) is 5.60 Å². The molecule has 0 saturated carbocycles. The average molecular weight is 321 g/mol. The molecule has 0 radical (unpaired) electrons. The summed E-state index contributed by atoms with van der Waals surface area (Å²) in [5, 5.41) is 0. The molecule has 0 fully saturated rings. The van der Waals surface area contributed by atoms with Crippen LogP contribution >= 0.6 is 0 Å². The Kier molecular flexibility index (Phi) is 4.54. The first-order valence-corrected chi connectivity index (χ1v) is 7.34. The number of esters is 2. The molecule has 5 nitrogen and oxygen atoms in total. The minimum Gasteiger partial charge on any atom is -0.466 e. The molecule has 0 aliphatic heterocycles. The Hall–Kier alpha value is -2.24.